The summed E-state index contributed by atoms with van der Waals surface area (Å²) in [6.07, 6.45) is 11.7. The number of rotatable bonds is 0. The molecule has 0 N–H and O–H groups in total. The zero-order chi connectivity index (χ0) is 14.8. The second kappa shape index (κ2) is 4.59. The first-order chi connectivity index (χ1) is 9.92. The van der Waals surface area contributed by atoms with Gasteiger partial charge in [0, 0.05) is 0 Å². The molecule has 0 amide bonds. The number of hydrogen-bond acceptors (Lipinski definition) is 0. The summed E-state index contributed by atoms with van der Waals surface area (Å²) in [5.41, 5.74) is 2.52. The fourth-order valence-corrected chi connectivity index (χ4v) is 6.81. The highest BCUT2D eigenvalue weighted by Gasteiger charge is 2.57. The lowest BCUT2D eigenvalue weighted by Crippen LogP contribution is -2.48. The van der Waals surface area contributed by atoms with Gasteiger partial charge < -0.3 is 0 Å². The van der Waals surface area contributed by atoms with Crippen molar-refractivity contribution in [3.05, 3.63) is 11.6 Å². The summed E-state index contributed by atoms with van der Waals surface area (Å²) in [5.74, 6) is 3.14. The predicted molar refractivity (Wildman–Crippen MR) is 85.8 cm³/mol. The summed E-state index contributed by atoms with van der Waals surface area (Å²) >= 11 is 0. The molecule has 0 nitrogen and oxygen atoms in total. The van der Waals surface area contributed by atoms with Crippen molar-refractivity contribution in [2.75, 3.05) is 0 Å². The van der Waals surface area contributed by atoms with Crippen molar-refractivity contribution in [3.8, 4) is 0 Å². The number of halogens is 1. The monoisotopic (exact) mass is 290 g/mol. The fraction of sp³-hybridized carbons (Fsp3) is 0.900. The highest BCUT2D eigenvalue weighted by Crippen LogP contribution is 2.65. The van der Waals surface area contributed by atoms with Crippen LogP contribution in [0.25, 0.3) is 0 Å². The molecule has 0 aromatic carbocycles. The van der Waals surface area contributed by atoms with Gasteiger partial charge in [0.05, 0.1) is 0 Å². The van der Waals surface area contributed by atoms with E-state index in [4.69, 9.17) is 0 Å². The zero-order valence-electron chi connectivity index (χ0n) is 14.0. The van der Waals surface area contributed by atoms with Crippen molar-refractivity contribution in [3.63, 3.8) is 0 Å². The molecule has 21 heavy (non-hydrogen) atoms. The molecule has 0 aromatic rings. The van der Waals surface area contributed by atoms with E-state index in [2.05, 4.69) is 26.8 Å². The third-order valence-electron chi connectivity index (χ3n) is 8.07. The van der Waals surface area contributed by atoms with Gasteiger partial charge in [-0.1, -0.05) is 32.4 Å². The van der Waals surface area contributed by atoms with Crippen LogP contribution in [0, 0.1) is 34.5 Å². The van der Waals surface area contributed by atoms with Crippen LogP contribution in [-0.2, 0) is 0 Å². The highest BCUT2D eigenvalue weighted by molar-refractivity contribution is 5.24. The third-order valence-corrected chi connectivity index (χ3v) is 8.07. The predicted octanol–water partition coefficient (Wildman–Crippen LogP) is 5.92. The van der Waals surface area contributed by atoms with Crippen LogP contribution < -0.4 is 0 Å². The molecule has 4 aliphatic carbocycles. The van der Waals surface area contributed by atoms with E-state index in [1.807, 2.05) is 0 Å². The Balaban J connectivity index is 1.67. The van der Waals surface area contributed by atoms with Crippen molar-refractivity contribution >= 4 is 0 Å². The van der Waals surface area contributed by atoms with E-state index in [-0.39, 0.29) is 0 Å². The number of alkyl halides is 1. The summed E-state index contributed by atoms with van der Waals surface area (Å²) < 4.78 is 14.1. The molecule has 0 unspecified atom stereocenters. The Bertz CT molecular complexity index is 466. The van der Waals surface area contributed by atoms with E-state index in [9.17, 15) is 4.39 Å². The maximum absolute atomic E-state index is 14.1. The minimum atomic E-state index is -0.525. The fourth-order valence-electron chi connectivity index (χ4n) is 6.81. The van der Waals surface area contributed by atoms with E-state index in [1.54, 1.807) is 5.57 Å². The molecule has 0 bridgehead atoms. The van der Waals surface area contributed by atoms with E-state index in [0.29, 0.717) is 16.7 Å². The first-order valence-corrected chi connectivity index (χ1v) is 9.26. The first kappa shape index (κ1) is 14.3. The van der Waals surface area contributed by atoms with Gasteiger partial charge in [0.25, 0.3) is 0 Å². The van der Waals surface area contributed by atoms with Gasteiger partial charge in [-0.25, -0.2) is 4.39 Å². The molecular formula is C20H31F. The molecule has 0 saturated heterocycles. The van der Waals surface area contributed by atoms with Crippen LogP contribution in [0.5, 0.6) is 0 Å². The summed E-state index contributed by atoms with van der Waals surface area (Å²) in [6, 6.07) is 0. The van der Waals surface area contributed by atoms with Gasteiger partial charge >= 0.3 is 0 Å². The molecule has 1 heteroatoms. The van der Waals surface area contributed by atoms with Crippen molar-refractivity contribution in [1.82, 2.24) is 0 Å². The van der Waals surface area contributed by atoms with Crippen LogP contribution in [-0.4, -0.2) is 6.17 Å². The molecule has 118 valence electrons. The number of allylic oxidation sites excluding steroid dienone is 2. The lowest BCUT2D eigenvalue weighted by molar-refractivity contribution is -0.0281. The molecule has 3 fully saturated rings. The van der Waals surface area contributed by atoms with Crippen molar-refractivity contribution in [1.29, 1.82) is 0 Å². The van der Waals surface area contributed by atoms with Gasteiger partial charge in [0.15, 0.2) is 0 Å². The molecule has 7 atom stereocenters. The Hall–Kier alpha value is -0.330. The van der Waals surface area contributed by atoms with Crippen LogP contribution in [0.15, 0.2) is 11.6 Å². The Morgan fingerprint density at radius 2 is 1.95 bits per heavy atom. The van der Waals surface area contributed by atoms with E-state index >= 15 is 0 Å². The Morgan fingerprint density at radius 1 is 1.14 bits per heavy atom. The second-order valence-electron chi connectivity index (χ2n) is 9.34. The topological polar surface area (TPSA) is 0 Å². The molecule has 4 aliphatic rings. The molecular weight excluding hydrogens is 259 g/mol. The van der Waals surface area contributed by atoms with Gasteiger partial charge in [0.1, 0.15) is 6.17 Å². The summed E-state index contributed by atoms with van der Waals surface area (Å²) in [7, 11) is 0. The molecule has 0 spiro atoms. The normalized spacial score (nSPS) is 56.2. The minimum Gasteiger partial charge on any atom is -0.247 e. The zero-order valence-corrected chi connectivity index (χ0v) is 14.0. The van der Waals surface area contributed by atoms with Crippen LogP contribution in [0.4, 0.5) is 4.39 Å². The average Bonchev–Trinajstić information content (AvgIpc) is 2.74. The Labute approximate surface area is 129 Å². The maximum atomic E-state index is 14.1. The molecule has 3 saturated carbocycles. The standard InChI is InChI=1S/C20H31F/c1-13-6-9-20(3)14(10-13)4-5-16-17(20)7-8-19(2)12-15(21)11-18(16)19/h4,13,15-18H,5-12H2,1-3H3/t13-,15+,16+,17-,18-,19+,20-/m0/s1. The number of fused-ring (bicyclic) bond motifs is 5. The van der Waals surface area contributed by atoms with Crippen LogP contribution in [0.3, 0.4) is 0 Å². The first-order valence-electron chi connectivity index (χ1n) is 9.26. The largest absolute Gasteiger partial charge is 0.247 e. The SMILES string of the molecule is C[C@H]1CC[C@@]2(C)C(=CC[C@H]3[C@@H]4C[C@@H](F)C[C@@]4(C)CC[C@@H]32)C1. The van der Waals surface area contributed by atoms with Crippen LogP contribution in [0.2, 0.25) is 0 Å². The average molecular weight is 290 g/mol. The van der Waals surface area contributed by atoms with Gasteiger partial charge in [0.2, 0.25) is 0 Å². The Morgan fingerprint density at radius 3 is 2.76 bits per heavy atom. The lowest BCUT2D eigenvalue weighted by atomic mass is 9.48. The van der Waals surface area contributed by atoms with Gasteiger partial charge in [-0.3, -0.25) is 0 Å². The lowest BCUT2D eigenvalue weighted by Gasteiger charge is -2.57. The van der Waals surface area contributed by atoms with Gasteiger partial charge in [-0.2, -0.15) is 0 Å². The second-order valence-corrected chi connectivity index (χ2v) is 9.34. The van der Waals surface area contributed by atoms with Gasteiger partial charge in [-0.05, 0) is 85.9 Å². The quantitative estimate of drug-likeness (QED) is 0.485. The van der Waals surface area contributed by atoms with E-state index in [1.165, 1.54) is 38.5 Å². The molecule has 0 heterocycles. The number of hydrogen-bond donors (Lipinski definition) is 0. The Kier molecular flexibility index (Phi) is 3.12. The molecule has 0 radical (unpaired) electrons. The maximum Gasteiger partial charge on any atom is 0.101 e. The van der Waals surface area contributed by atoms with Crippen molar-refractivity contribution < 1.29 is 4.39 Å². The smallest absolute Gasteiger partial charge is 0.101 e. The van der Waals surface area contributed by atoms with Crippen LogP contribution in [0.1, 0.15) is 72.1 Å². The van der Waals surface area contributed by atoms with Crippen molar-refractivity contribution in [2.24, 2.45) is 34.5 Å². The summed E-state index contributed by atoms with van der Waals surface area (Å²) in [6.45, 7) is 7.35. The molecule has 0 aliphatic heterocycles. The van der Waals surface area contributed by atoms with Crippen LogP contribution >= 0.6 is 0 Å². The third kappa shape index (κ3) is 1.98. The summed E-state index contributed by atoms with van der Waals surface area (Å²) in [5, 5.41) is 0. The van der Waals surface area contributed by atoms with E-state index < -0.39 is 6.17 Å². The van der Waals surface area contributed by atoms with E-state index in [0.717, 1.165) is 30.6 Å². The summed E-state index contributed by atoms with van der Waals surface area (Å²) in [4.78, 5) is 0. The molecule has 0 aromatic heterocycles. The van der Waals surface area contributed by atoms with Crippen molar-refractivity contribution in [2.45, 2.75) is 78.3 Å². The van der Waals surface area contributed by atoms with Gasteiger partial charge in [-0.15, -0.1) is 0 Å². The molecule has 4 rings (SSSR count). The minimum absolute atomic E-state index is 0.310. The highest BCUT2D eigenvalue weighted by atomic mass is 19.1.